The van der Waals surface area contributed by atoms with Crippen LogP contribution in [0.5, 0.6) is 0 Å². The number of piperidine rings is 1. The summed E-state index contributed by atoms with van der Waals surface area (Å²) >= 11 is 6.02. The zero-order chi connectivity index (χ0) is 24.2. The summed E-state index contributed by atoms with van der Waals surface area (Å²) in [7, 11) is 1.26. The van der Waals surface area contributed by atoms with Crippen LogP contribution in [0.4, 0.5) is 0 Å². The Balaban J connectivity index is 1.69. The molecule has 0 saturated carbocycles. The molecule has 2 atom stereocenters. The zero-order valence-corrected chi connectivity index (χ0v) is 19.8. The quantitative estimate of drug-likeness (QED) is 0.629. The second-order valence-electron chi connectivity index (χ2n) is 8.92. The second kappa shape index (κ2) is 10.4. The molecule has 1 unspecified atom stereocenters. The van der Waals surface area contributed by atoms with Crippen LogP contribution >= 0.6 is 11.6 Å². The number of amides is 2. The number of hydrogen-bond acceptors (Lipinski definition) is 5. The molecule has 0 bridgehead atoms. The summed E-state index contributed by atoms with van der Waals surface area (Å²) in [4.78, 5) is 39.3. The maximum absolute atomic E-state index is 13.2. The van der Waals surface area contributed by atoms with Gasteiger partial charge in [-0.05, 0) is 53.6 Å². The summed E-state index contributed by atoms with van der Waals surface area (Å²) in [5, 5.41) is 13.1. The van der Waals surface area contributed by atoms with Crippen molar-refractivity contribution in [3.05, 3.63) is 70.2 Å². The second-order valence-corrected chi connectivity index (χ2v) is 9.36. The van der Waals surface area contributed by atoms with Crippen LogP contribution in [0, 0.1) is 5.41 Å². The van der Waals surface area contributed by atoms with E-state index >= 15 is 0 Å². The van der Waals surface area contributed by atoms with Gasteiger partial charge in [0.1, 0.15) is 6.04 Å². The molecule has 2 aromatic rings. The molecule has 1 fully saturated rings. The summed E-state index contributed by atoms with van der Waals surface area (Å²) in [6.07, 6.45) is 0.758. The average molecular weight is 473 g/mol. The van der Waals surface area contributed by atoms with Crippen LogP contribution in [0.2, 0.25) is 5.02 Å². The number of carbonyl (C=O) groups excluding carboxylic acids is 3. The van der Waals surface area contributed by atoms with Gasteiger partial charge in [0.05, 0.1) is 19.3 Å². The van der Waals surface area contributed by atoms with Crippen LogP contribution in [0.1, 0.15) is 52.5 Å². The molecule has 0 spiro atoms. The van der Waals surface area contributed by atoms with Gasteiger partial charge < -0.3 is 20.1 Å². The molecule has 0 aromatic heterocycles. The van der Waals surface area contributed by atoms with Crippen molar-refractivity contribution in [1.82, 2.24) is 10.2 Å². The Morgan fingerprint density at radius 2 is 1.85 bits per heavy atom. The summed E-state index contributed by atoms with van der Waals surface area (Å²) in [6, 6.07) is 12.7. The number of benzene rings is 2. The van der Waals surface area contributed by atoms with Gasteiger partial charge in [-0.1, -0.05) is 43.6 Å². The third kappa shape index (κ3) is 5.72. The van der Waals surface area contributed by atoms with Gasteiger partial charge in [0.15, 0.2) is 0 Å². The van der Waals surface area contributed by atoms with Gasteiger partial charge in [0.2, 0.25) is 5.91 Å². The molecule has 2 aromatic carbocycles. The van der Waals surface area contributed by atoms with Crippen molar-refractivity contribution >= 4 is 29.4 Å². The number of methoxy groups -OCH3 is 1. The maximum atomic E-state index is 13.2. The number of hydrogen-bond donors (Lipinski definition) is 2. The van der Waals surface area contributed by atoms with Gasteiger partial charge in [0, 0.05) is 23.7 Å². The van der Waals surface area contributed by atoms with Crippen molar-refractivity contribution in [3.63, 3.8) is 0 Å². The van der Waals surface area contributed by atoms with Gasteiger partial charge in [0.25, 0.3) is 5.91 Å². The molecular weight excluding hydrogens is 444 g/mol. The van der Waals surface area contributed by atoms with Gasteiger partial charge in [-0.2, -0.15) is 0 Å². The van der Waals surface area contributed by atoms with Crippen molar-refractivity contribution in [3.8, 4) is 0 Å². The molecule has 8 heteroatoms. The first-order chi connectivity index (χ1) is 15.7. The predicted molar refractivity (Wildman–Crippen MR) is 125 cm³/mol. The number of nitrogens with zero attached hydrogens (tertiary/aromatic N) is 1. The zero-order valence-electron chi connectivity index (χ0n) is 19.0. The van der Waals surface area contributed by atoms with E-state index in [1.807, 2.05) is 24.3 Å². The van der Waals surface area contributed by atoms with Crippen LogP contribution in [0.15, 0.2) is 48.5 Å². The Hall–Kier alpha value is -2.90. The van der Waals surface area contributed by atoms with E-state index in [0.29, 0.717) is 18.1 Å². The lowest BCUT2D eigenvalue weighted by Crippen LogP contribution is -2.55. The fraction of sp³-hybridized carbons (Fsp3) is 0.400. The van der Waals surface area contributed by atoms with Gasteiger partial charge in [-0.3, -0.25) is 9.59 Å². The molecule has 2 N–H and O–H groups in total. The largest absolute Gasteiger partial charge is 0.465 e. The van der Waals surface area contributed by atoms with E-state index < -0.39 is 24.5 Å². The lowest BCUT2D eigenvalue weighted by atomic mass is 9.70. The lowest BCUT2D eigenvalue weighted by Gasteiger charge is -2.45. The Labute approximate surface area is 198 Å². The summed E-state index contributed by atoms with van der Waals surface area (Å²) in [6.45, 7) is 4.69. The molecule has 0 radical (unpaired) electrons. The van der Waals surface area contributed by atoms with E-state index in [9.17, 15) is 19.5 Å². The Morgan fingerprint density at radius 3 is 2.45 bits per heavy atom. The van der Waals surface area contributed by atoms with Crippen LogP contribution < -0.4 is 5.32 Å². The van der Waals surface area contributed by atoms with Gasteiger partial charge in [-0.25, -0.2) is 4.79 Å². The first kappa shape index (κ1) is 24.7. The van der Waals surface area contributed by atoms with Crippen molar-refractivity contribution in [2.45, 2.75) is 32.2 Å². The number of likely N-dealkylation sites (tertiary alicyclic amines) is 1. The highest BCUT2D eigenvalue weighted by atomic mass is 35.5. The smallest absolute Gasteiger partial charge is 0.337 e. The number of esters is 1. The third-order valence-corrected chi connectivity index (χ3v) is 6.40. The van der Waals surface area contributed by atoms with E-state index in [1.54, 1.807) is 11.0 Å². The van der Waals surface area contributed by atoms with Crippen molar-refractivity contribution in [2.75, 3.05) is 26.8 Å². The fourth-order valence-corrected chi connectivity index (χ4v) is 4.54. The molecule has 2 amide bonds. The van der Waals surface area contributed by atoms with E-state index in [2.05, 4.69) is 23.9 Å². The van der Waals surface area contributed by atoms with Crippen molar-refractivity contribution in [1.29, 1.82) is 0 Å². The summed E-state index contributed by atoms with van der Waals surface area (Å²) in [5.74, 6) is -1.20. The van der Waals surface area contributed by atoms with E-state index in [4.69, 9.17) is 11.6 Å². The normalized spacial score (nSPS) is 18.3. The van der Waals surface area contributed by atoms with Crippen molar-refractivity contribution in [2.24, 2.45) is 5.41 Å². The molecule has 0 aliphatic carbocycles. The Morgan fingerprint density at radius 1 is 1.18 bits per heavy atom. The number of carbonyl (C=O) groups is 3. The van der Waals surface area contributed by atoms with Crippen molar-refractivity contribution < 1.29 is 24.2 Å². The first-order valence-electron chi connectivity index (χ1n) is 10.8. The molecule has 1 heterocycles. The number of rotatable bonds is 6. The topological polar surface area (TPSA) is 95.9 Å². The number of aliphatic hydroxyl groups excluding tert-OH is 1. The van der Waals surface area contributed by atoms with E-state index in [0.717, 1.165) is 6.42 Å². The minimum atomic E-state index is -1.08. The van der Waals surface area contributed by atoms with Crippen LogP contribution in [0.25, 0.3) is 0 Å². The minimum Gasteiger partial charge on any atom is -0.465 e. The predicted octanol–water partition coefficient (Wildman–Crippen LogP) is 3.26. The van der Waals surface area contributed by atoms with Crippen LogP contribution in [-0.2, 0) is 9.53 Å². The van der Waals surface area contributed by atoms with Gasteiger partial charge >= 0.3 is 5.97 Å². The highest BCUT2D eigenvalue weighted by Crippen LogP contribution is 2.42. The van der Waals surface area contributed by atoms with E-state index in [1.165, 1.54) is 30.9 Å². The minimum absolute atomic E-state index is 0.200. The van der Waals surface area contributed by atoms with Crippen LogP contribution in [0.3, 0.4) is 0 Å². The third-order valence-electron chi connectivity index (χ3n) is 6.15. The standard InChI is InChI=1S/C25H29ClN2O5/c1-25(2)15-28(12-11-20(25)16-7-9-19(26)10-8-16)23(31)21(14-29)27-22(30)17-5-4-6-18(13-17)24(32)33-3/h4-10,13,20-21,29H,11-12,14-15H2,1-3H3,(H,27,30)/t20?,21-/m1/s1. The highest BCUT2D eigenvalue weighted by molar-refractivity contribution is 6.30. The molecule has 7 nitrogen and oxygen atoms in total. The number of nitrogens with one attached hydrogen (secondary N) is 1. The molecule has 1 saturated heterocycles. The molecule has 33 heavy (non-hydrogen) atoms. The highest BCUT2D eigenvalue weighted by Gasteiger charge is 2.40. The molecule has 1 aliphatic heterocycles. The average Bonchev–Trinajstić information content (AvgIpc) is 2.81. The first-order valence-corrected chi connectivity index (χ1v) is 11.2. The molecular formula is C25H29ClN2O5. The Kier molecular flexibility index (Phi) is 7.76. The fourth-order valence-electron chi connectivity index (χ4n) is 4.41. The number of aliphatic hydroxyl groups is 1. The monoisotopic (exact) mass is 472 g/mol. The van der Waals surface area contributed by atoms with E-state index in [-0.39, 0.29) is 28.4 Å². The Bertz CT molecular complexity index is 1020. The lowest BCUT2D eigenvalue weighted by molar-refractivity contribution is -0.137. The molecule has 3 rings (SSSR count). The SMILES string of the molecule is COC(=O)c1cccc(C(=O)N[C@H](CO)C(=O)N2CCC(c3ccc(Cl)cc3)C(C)(C)C2)c1. The summed E-state index contributed by atoms with van der Waals surface area (Å²) in [5.41, 5.74) is 1.39. The van der Waals surface area contributed by atoms with Gasteiger partial charge in [-0.15, -0.1) is 0 Å². The maximum Gasteiger partial charge on any atom is 0.337 e. The molecule has 1 aliphatic rings. The summed E-state index contributed by atoms with van der Waals surface area (Å²) < 4.78 is 4.68. The van der Waals surface area contributed by atoms with Crippen LogP contribution in [-0.4, -0.2) is 60.6 Å². The number of ether oxygens (including phenoxy) is 1. The molecule has 176 valence electrons. The number of halogens is 1.